The van der Waals surface area contributed by atoms with Gasteiger partial charge < -0.3 is 10.0 Å². The van der Waals surface area contributed by atoms with Gasteiger partial charge in [0.05, 0.1) is 11.4 Å². The van der Waals surface area contributed by atoms with Crippen LogP contribution >= 0.6 is 0 Å². The molecule has 0 atom stereocenters. The molecule has 0 aromatic heterocycles. The third-order valence-corrected chi connectivity index (χ3v) is 4.89. The second-order valence-corrected chi connectivity index (χ2v) is 7.68. The first-order chi connectivity index (χ1) is 10.6. The molecule has 0 saturated carbocycles. The third kappa shape index (κ3) is 5.65. The number of carboxylic acids is 1. The smallest absolute Gasteiger partial charge is 0.323 e. The number of carbonyl (C=O) groups is 2. The maximum Gasteiger partial charge on any atom is 0.323 e. The van der Waals surface area contributed by atoms with Gasteiger partial charge in [-0.3, -0.25) is 9.59 Å². The molecule has 23 heavy (non-hydrogen) atoms. The highest BCUT2D eigenvalue weighted by Crippen LogP contribution is 2.13. The van der Waals surface area contributed by atoms with E-state index < -0.39 is 35.0 Å². The summed E-state index contributed by atoms with van der Waals surface area (Å²) in [4.78, 5) is 24.4. The lowest BCUT2D eigenvalue weighted by molar-refractivity contribution is -0.144. The van der Waals surface area contributed by atoms with Gasteiger partial charge in [-0.15, -0.1) is 0 Å². The Morgan fingerprint density at radius 1 is 1.13 bits per heavy atom. The zero-order valence-electron chi connectivity index (χ0n) is 13.5. The highest BCUT2D eigenvalue weighted by molar-refractivity contribution is 7.89. The van der Waals surface area contributed by atoms with Gasteiger partial charge in [0.1, 0.15) is 6.54 Å². The Balaban J connectivity index is 2.86. The van der Waals surface area contributed by atoms with E-state index >= 15 is 0 Å². The van der Waals surface area contributed by atoms with Crippen molar-refractivity contribution < 1.29 is 23.1 Å². The van der Waals surface area contributed by atoms with E-state index in [0.717, 1.165) is 9.21 Å². The molecule has 1 aromatic rings. The van der Waals surface area contributed by atoms with Gasteiger partial charge in [0.2, 0.25) is 15.9 Å². The molecule has 0 fully saturated rings. The molecule has 0 radical (unpaired) electrons. The van der Waals surface area contributed by atoms with E-state index in [1.54, 1.807) is 18.2 Å². The Morgan fingerprint density at radius 2 is 1.70 bits per heavy atom. The van der Waals surface area contributed by atoms with Crippen molar-refractivity contribution in [2.75, 3.05) is 26.7 Å². The van der Waals surface area contributed by atoms with Gasteiger partial charge in [-0.2, -0.15) is 4.31 Å². The first kappa shape index (κ1) is 19.1. The molecular formula is C15H22N2O5S. The van der Waals surface area contributed by atoms with Gasteiger partial charge in [-0.05, 0) is 18.1 Å². The average molecular weight is 342 g/mol. The van der Waals surface area contributed by atoms with E-state index in [1.807, 2.05) is 13.8 Å². The van der Waals surface area contributed by atoms with Crippen molar-refractivity contribution in [3.63, 3.8) is 0 Å². The van der Waals surface area contributed by atoms with Gasteiger partial charge in [0.25, 0.3) is 0 Å². The summed E-state index contributed by atoms with van der Waals surface area (Å²) in [5, 5.41) is 8.89. The number of hydrogen-bond acceptors (Lipinski definition) is 4. The van der Waals surface area contributed by atoms with E-state index in [9.17, 15) is 18.0 Å². The predicted molar refractivity (Wildman–Crippen MR) is 85.3 cm³/mol. The highest BCUT2D eigenvalue weighted by atomic mass is 32.2. The summed E-state index contributed by atoms with van der Waals surface area (Å²) in [6.07, 6.45) is 0. The lowest BCUT2D eigenvalue weighted by Crippen LogP contribution is -2.44. The van der Waals surface area contributed by atoms with Crippen molar-refractivity contribution in [3.8, 4) is 0 Å². The van der Waals surface area contributed by atoms with Crippen molar-refractivity contribution in [1.29, 1.82) is 0 Å². The Bertz CT molecular complexity index is 643. The second kappa shape index (κ2) is 8.07. The van der Waals surface area contributed by atoms with Crippen molar-refractivity contribution in [2.45, 2.75) is 18.7 Å². The van der Waals surface area contributed by atoms with E-state index in [2.05, 4.69) is 0 Å². The number of likely N-dealkylation sites (N-methyl/N-ethyl adjacent to an activating group) is 1. The summed E-state index contributed by atoms with van der Waals surface area (Å²) >= 11 is 0. The summed E-state index contributed by atoms with van der Waals surface area (Å²) in [6.45, 7) is 3.11. The van der Waals surface area contributed by atoms with Crippen molar-refractivity contribution in [3.05, 3.63) is 30.3 Å². The van der Waals surface area contributed by atoms with Gasteiger partial charge in [0.15, 0.2) is 0 Å². The molecule has 0 unspecified atom stereocenters. The van der Waals surface area contributed by atoms with Crippen LogP contribution in [0.5, 0.6) is 0 Å². The fourth-order valence-electron chi connectivity index (χ4n) is 2.01. The van der Waals surface area contributed by atoms with Crippen molar-refractivity contribution >= 4 is 21.9 Å². The Hall–Kier alpha value is -1.93. The number of nitrogens with zero attached hydrogens (tertiary/aromatic N) is 2. The van der Waals surface area contributed by atoms with Crippen molar-refractivity contribution in [1.82, 2.24) is 9.21 Å². The number of rotatable bonds is 8. The lowest BCUT2D eigenvalue weighted by atomic mass is 10.2. The molecule has 1 aromatic carbocycles. The van der Waals surface area contributed by atoms with Gasteiger partial charge in [-0.1, -0.05) is 32.0 Å². The molecule has 1 N–H and O–H groups in total. The highest BCUT2D eigenvalue weighted by Gasteiger charge is 2.26. The summed E-state index contributed by atoms with van der Waals surface area (Å²) in [7, 11) is -2.49. The first-order valence-corrected chi connectivity index (χ1v) is 8.59. The molecular weight excluding hydrogens is 320 g/mol. The molecule has 0 aliphatic rings. The quantitative estimate of drug-likeness (QED) is 0.756. The predicted octanol–water partition coefficient (Wildman–Crippen LogP) is 0.876. The van der Waals surface area contributed by atoms with E-state index in [0.29, 0.717) is 0 Å². The number of amides is 1. The minimum atomic E-state index is -3.79. The zero-order chi connectivity index (χ0) is 17.6. The molecule has 0 aliphatic carbocycles. The molecule has 0 bridgehead atoms. The van der Waals surface area contributed by atoms with Crippen LogP contribution in [0.15, 0.2) is 35.2 Å². The minimum absolute atomic E-state index is 0.0781. The largest absolute Gasteiger partial charge is 0.480 e. The summed E-state index contributed by atoms with van der Waals surface area (Å²) in [5.41, 5.74) is 0. The summed E-state index contributed by atoms with van der Waals surface area (Å²) < 4.78 is 25.7. The normalized spacial score (nSPS) is 11.7. The minimum Gasteiger partial charge on any atom is -0.480 e. The number of hydrogen-bond donors (Lipinski definition) is 1. The zero-order valence-corrected chi connectivity index (χ0v) is 14.3. The lowest BCUT2D eigenvalue weighted by Gasteiger charge is -2.25. The van der Waals surface area contributed by atoms with Crippen LogP contribution < -0.4 is 0 Å². The topological polar surface area (TPSA) is 95.0 Å². The van der Waals surface area contributed by atoms with Crippen molar-refractivity contribution in [2.24, 2.45) is 5.92 Å². The maximum absolute atomic E-state index is 12.4. The SMILES string of the molecule is CC(C)CN(CC(=O)O)C(=O)CN(C)S(=O)(=O)c1ccccc1. The van der Waals surface area contributed by atoms with Crippen LogP contribution in [0.3, 0.4) is 0 Å². The molecule has 0 spiro atoms. The monoisotopic (exact) mass is 342 g/mol. The number of benzene rings is 1. The van der Waals surface area contributed by atoms with Crippen LogP contribution in [0.1, 0.15) is 13.8 Å². The summed E-state index contributed by atoms with van der Waals surface area (Å²) in [5.74, 6) is -1.59. The Kier molecular flexibility index (Phi) is 6.71. The van der Waals surface area contributed by atoms with E-state index in [4.69, 9.17) is 5.11 Å². The van der Waals surface area contributed by atoms with Crippen LogP contribution in [-0.2, 0) is 19.6 Å². The van der Waals surface area contributed by atoms with Gasteiger partial charge in [-0.25, -0.2) is 8.42 Å². The maximum atomic E-state index is 12.4. The number of aliphatic carboxylic acids is 1. The molecule has 7 nitrogen and oxygen atoms in total. The third-order valence-electron chi connectivity index (χ3n) is 3.07. The molecule has 1 amide bonds. The van der Waals surface area contributed by atoms with Crippen LogP contribution in [0.4, 0.5) is 0 Å². The molecule has 0 aliphatic heterocycles. The van der Waals surface area contributed by atoms with Gasteiger partial charge in [0, 0.05) is 13.6 Å². The van der Waals surface area contributed by atoms with E-state index in [-0.39, 0.29) is 17.4 Å². The van der Waals surface area contributed by atoms with Crippen LogP contribution in [0.2, 0.25) is 0 Å². The molecule has 128 valence electrons. The number of carbonyl (C=O) groups excluding carboxylic acids is 1. The molecule has 1 rings (SSSR count). The summed E-state index contributed by atoms with van der Waals surface area (Å²) in [6, 6.07) is 7.77. The van der Waals surface area contributed by atoms with Crippen LogP contribution in [0.25, 0.3) is 0 Å². The van der Waals surface area contributed by atoms with E-state index in [1.165, 1.54) is 19.2 Å². The van der Waals surface area contributed by atoms with Crippen LogP contribution in [0, 0.1) is 5.92 Å². The molecule has 0 heterocycles. The number of sulfonamides is 1. The average Bonchev–Trinajstić information content (AvgIpc) is 2.46. The van der Waals surface area contributed by atoms with Gasteiger partial charge >= 0.3 is 5.97 Å². The molecule has 0 saturated heterocycles. The van der Waals surface area contributed by atoms with Crippen LogP contribution in [-0.4, -0.2) is 61.3 Å². The first-order valence-electron chi connectivity index (χ1n) is 7.15. The standard InChI is InChI=1S/C15H22N2O5S/c1-12(2)9-17(11-15(19)20)14(18)10-16(3)23(21,22)13-7-5-4-6-8-13/h4-8,12H,9-11H2,1-3H3,(H,19,20). The molecule has 8 heteroatoms. The Labute approximate surface area is 136 Å². The number of carboxylic acid groups (broad SMARTS) is 1. The Morgan fingerprint density at radius 3 is 2.17 bits per heavy atom. The fourth-order valence-corrected chi connectivity index (χ4v) is 3.15. The fraction of sp³-hybridized carbons (Fsp3) is 0.467. The second-order valence-electron chi connectivity index (χ2n) is 5.64.